The van der Waals surface area contributed by atoms with Gasteiger partial charge in [0.1, 0.15) is 0 Å². The minimum Gasteiger partial charge on any atom is -0.493 e. The number of nitrogens with one attached hydrogen (secondary N) is 1. The van der Waals surface area contributed by atoms with Gasteiger partial charge in [-0.05, 0) is 71.8 Å². The van der Waals surface area contributed by atoms with Gasteiger partial charge in [-0.3, -0.25) is 4.79 Å². The number of hydrogen-bond donors (Lipinski definition) is 1. The van der Waals surface area contributed by atoms with Crippen LogP contribution in [0.25, 0.3) is 0 Å². The van der Waals surface area contributed by atoms with Crippen molar-refractivity contribution >= 4 is 34.7 Å². The van der Waals surface area contributed by atoms with Gasteiger partial charge < -0.3 is 18.9 Å². The number of amides is 1. The Bertz CT molecular complexity index is 870. The molecule has 0 bridgehead atoms. The normalized spacial score (nSPS) is 10.7. The summed E-state index contributed by atoms with van der Waals surface area (Å²) < 4.78 is 22.8. The molecule has 156 valence electrons. The fourth-order valence-electron chi connectivity index (χ4n) is 2.47. The lowest BCUT2D eigenvalue weighted by atomic mass is 10.2. The zero-order valence-corrected chi connectivity index (χ0v) is 19.1. The van der Waals surface area contributed by atoms with E-state index in [0.29, 0.717) is 41.8 Å². The van der Waals surface area contributed by atoms with E-state index in [1.165, 1.54) is 7.11 Å². The minimum atomic E-state index is -0.353. The molecule has 0 aliphatic rings. The highest BCUT2D eigenvalue weighted by Gasteiger charge is 2.12. The number of carbonyl (C=O) groups excluding carboxylic acids is 1. The maximum atomic E-state index is 12.4. The zero-order valence-electron chi connectivity index (χ0n) is 17.0. The number of ether oxygens (including phenoxy) is 4. The third-order valence-electron chi connectivity index (χ3n) is 3.81. The van der Waals surface area contributed by atoms with Crippen LogP contribution in [0.2, 0.25) is 0 Å². The van der Waals surface area contributed by atoms with Crippen LogP contribution in [0.15, 0.2) is 35.4 Å². The van der Waals surface area contributed by atoms with E-state index in [2.05, 4.69) is 33.1 Å². The van der Waals surface area contributed by atoms with E-state index < -0.39 is 0 Å². The fraction of sp³-hybridized carbons (Fsp3) is 0.333. The van der Waals surface area contributed by atoms with E-state index in [1.54, 1.807) is 37.6 Å². The first kappa shape index (κ1) is 22.8. The molecule has 0 fully saturated rings. The summed E-state index contributed by atoms with van der Waals surface area (Å²) in [6, 6.07) is 8.70. The number of halogens is 1. The summed E-state index contributed by atoms with van der Waals surface area (Å²) >= 11 is 2.17. The predicted molar refractivity (Wildman–Crippen MR) is 121 cm³/mol. The SMILES string of the molecule is CCCOc1ccc(C(=O)N/N=C/c2cc(I)c(OCC)c(OC)c2)cc1OC. The maximum absolute atomic E-state index is 12.4. The van der Waals surface area contributed by atoms with Crippen LogP contribution in [0.5, 0.6) is 23.0 Å². The van der Waals surface area contributed by atoms with Crippen LogP contribution in [0.4, 0.5) is 0 Å². The summed E-state index contributed by atoms with van der Waals surface area (Å²) in [5.41, 5.74) is 3.71. The van der Waals surface area contributed by atoms with E-state index in [9.17, 15) is 4.79 Å². The number of hydrazone groups is 1. The Morgan fingerprint density at radius 2 is 1.83 bits per heavy atom. The van der Waals surface area contributed by atoms with Crippen LogP contribution in [0.1, 0.15) is 36.2 Å². The van der Waals surface area contributed by atoms with E-state index in [1.807, 2.05) is 19.9 Å². The molecule has 0 saturated heterocycles. The maximum Gasteiger partial charge on any atom is 0.271 e. The van der Waals surface area contributed by atoms with Gasteiger partial charge in [-0.15, -0.1) is 0 Å². The Morgan fingerprint density at radius 3 is 2.48 bits per heavy atom. The largest absolute Gasteiger partial charge is 0.493 e. The van der Waals surface area contributed by atoms with Gasteiger partial charge in [0.2, 0.25) is 0 Å². The van der Waals surface area contributed by atoms with Gasteiger partial charge in [0, 0.05) is 5.56 Å². The average molecular weight is 512 g/mol. The summed E-state index contributed by atoms with van der Waals surface area (Å²) in [5, 5.41) is 4.04. The highest BCUT2D eigenvalue weighted by atomic mass is 127. The number of methoxy groups -OCH3 is 2. The average Bonchev–Trinajstić information content (AvgIpc) is 2.73. The summed E-state index contributed by atoms with van der Waals surface area (Å²) in [7, 11) is 3.12. The lowest BCUT2D eigenvalue weighted by Gasteiger charge is -2.12. The van der Waals surface area contributed by atoms with Crippen LogP contribution in [-0.2, 0) is 0 Å². The van der Waals surface area contributed by atoms with E-state index in [4.69, 9.17) is 18.9 Å². The number of benzene rings is 2. The number of carbonyl (C=O) groups is 1. The van der Waals surface area contributed by atoms with Crippen molar-refractivity contribution in [1.82, 2.24) is 5.43 Å². The molecule has 2 aromatic carbocycles. The molecular weight excluding hydrogens is 487 g/mol. The van der Waals surface area contributed by atoms with Crippen LogP contribution < -0.4 is 24.4 Å². The molecule has 0 heterocycles. The third kappa shape index (κ3) is 6.25. The molecule has 0 spiro atoms. The number of nitrogens with zero attached hydrogens (tertiary/aromatic N) is 1. The van der Waals surface area contributed by atoms with Gasteiger partial charge in [-0.1, -0.05) is 6.92 Å². The van der Waals surface area contributed by atoms with Gasteiger partial charge in [-0.25, -0.2) is 5.43 Å². The summed E-state index contributed by atoms with van der Waals surface area (Å²) in [5.74, 6) is 2.05. The molecule has 8 heteroatoms. The molecule has 0 radical (unpaired) electrons. The van der Waals surface area contributed by atoms with Gasteiger partial charge in [-0.2, -0.15) is 5.10 Å². The molecule has 2 aromatic rings. The second-order valence-corrected chi connectivity index (χ2v) is 7.04. The van der Waals surface area contributed by atoms with Crippen molar-refractivity contribution in [3.8, 4) is 23.0 Å². The Kier molecular flexibility index (Phi) is 9.04. The molecular formula is C21H25IN2O5. The molecule has 1 amide bonds. The molecule has 0 unspecified atom stereocenters. The van der Waals surface area contributed by atoms with Crippen molar-refractivity contribution in [2.24, 2.45) is 5.10 Å². The Balaban J connectivity index is 2.10. The fourth-order valence-corrected chi connectivity index (χ4v) is 3.25. The quantitative estimate of drug-likeness (QED) is 0.293. The predicted octanol–water partition coefficient (Wildman–Crippen LogP) is 4.26. The highest BCUT2D eigenvalue weighted by Crippen LogP contribution is 2.33. The first-order valence-electron chi connectivity index (χ1n) is 9.18. The number of rotatable bonds is 10. The van der Waals surface area contributed by atoms with Crippen molar-refractivity contribution in [2.75, 3.05) is 27.4 Å². The molecule has 1 N–H and O–H groups in total. The first-order valence-corrected chi connectivity index (χ1v) is 10.3. The van der Waals surface area contributed by atoms with Gasteiger partial charge in [0.25, 0.3) is 5.91 Å². The van der Waals surface area contributed by atoms with Crippen molar-refractivity contribution < 1.29 is 23.7 Å². The third-order valence-corrected chi connectivity index (χ3v) is 4.61. The standard InChI is InChI=1S/C21H25IN2O5/c1-5-9-29-17-8-7-15(12-18(17)26-3)21(25)24-23-13-14-10-16(22)20(28-6-2)19(11-14)27-4/h7-8,10-13H,5-6,9H2,1-4H3,(H,24,25)/b23-13+. The van der Waals surface area contributed by atoms with E-state index in [-0.39, 0.29) is 5.91 Å². The van der Waals surface area contributed by atoms with E-state index in [0.717, 1.165) is 15.6 Å². The summed E-state index contributed by atoms with van der Waals surface area (Å²) in [6.07, 6.45) is 2.43. The van der Waals surface area contributed by atoms with Gasteiger partial charge in [0.15, 0.2) is 23.0 Å². The Labute approximate surface area is 184 Å². The highest BCUT2D eigenvalue weighted by molar-refractivity contribution is 14.1. The van der Waals surface area contributed by atoms with Crippen molar-refractivity contribution in [2.45, 2.75) is 20.3 Å². The second kappa shape index (κ2) is 11.5. The Morgan fingerprint density at radius 1 is 1.07 bits per heavy atom. The Hall–Kier alpha value is -2.49. The van der Waals surface area contributed by atoms with Crippen LogP contribution in [-0.4, -0.2) is 39.6 Å². The number of hydrogen-bond acceptors (Lipinski definition) is 6. The topological polar surface area (TPSA) is 78.4 Å². The zero-order chi connectivity index (χ0) is 21.2. The molecule has 0 aliphatic carbocycles. The molecule has 2 rings (SSSR count). The van der Waals surface area contributed by atoms with Crippen LogP contribution in [0, 0.1) is 3.57 Å². The van der Waals surface area contributed by atoms with Crippen LogP contribution in [0.3, 0.4) is 0 Å². The smallest absolute Gasteiger partial charge is 0.271 e. The molecule has 0 aromatic heterocycles. The molecule has 29 heavy (non-hydrogen) atoms. The van der Waals surface area contributed by atoms with Crippen molar-refractivity contribution in [1.29, 1.82) is 0 Å². The van der Waals surface area contributed by atoms with Crippen molar-refractivity contribution in [3.63, 3.8) is 0 Å². The lowest BCUT2D eigenvalue weighted by Crippen LogP contribution is -2.17. The molecule has 7 nitrogen and oxygen atoms in total. The van der Waals surface area contributed by atoms with E-state index >= 15 is 0 Å². The lowest BCUT2D eigenvalue weighted by molar-refractivity contribution is 0.0954. The molecule has 0 aliphatic heterocycles. The van der Waals surface area contributed by atoms with Gasteiger partial charge >= 0.3 is 0 Å². The summed E-state index contributed by atoms with van der Waals surface area (Å²) in [6.45, 7) is 5.06. The summed E-state index contributed by atoms with van der Waals surface area (Å²) in [4.78, 5) is 12.4. The monoisotopic (exact) mass is 512 g/mol. The molecule has 0 saturated carbocycles. The first-order chi connectivity index (χ1) is 14.0. The van der Waals surface area contributed by atoms with Crippen LogP contribution >= 0.6 is 22.6 Å². The van der Waals surface area contributed by atoms with Crippen molar-refractivity contribution in [3.05, 3.63) is 45.0 Å². The van der Waals surface area contributed by atoms with Gasteiger partial charge in [0.05, 0.1) is 37.2 Å². The minimum absolute atomic E-state index is 0.353. The second-order valence-electron chi connectivity index (χ2n) is 5.88. The molecule has 0 atom stereocenters.